The highest BCUT2D eigenvalue weighted by Crippen LogP contribution is 2.30. The summed E-state index contributed by atoms with van der Waals surface area (Å²) in [5, 5.41) is 0. The predicted octanol–water partition coefficient (Wildman–Crippen LogP) is 2.30. The van der Waals surface area contributed by atoms with Gasteiger partial charge in [-0.3, -0.25) is 9.69 Å². The van der Waals surface area contributed by atoms with Crippen LogP contribution in [-0.2, 0) is 0 Å². The minimum absolute atomic E-state index is 0.0270. The van der Waals surface area contributed by atoms with Crippen LogP contribution >= 0.6 is 0 Å². The molecule has 3 rings (SSSR count). The number of piperazine rings is 1. The Morgan fingerprint density at radius 2 is 1.95 bits per heavy atom. The first-order valence-electron chi connectivity index (χ1n) is 7.41. The second-order valence-corrected chi connectivity index (χ2v) is 6.00. The average molecular weight is 276 g/mol. The van der Waals surface area contributed by atoms with Gasteiger partial charge >= 0.3 is 0 Å². The molecule has 0 bridgehead atoms. The van der Waals surface area contributed by atoms with E-state index in [9.17, 15) is 9.18 Å². The van der Waals surface area contributed by atoms with Crippen molar-refractivity contribution in [3.8, 4) is 0 Å². The number of rotatable bonds is 3. The molecule has 1 aromatic rings. The second kappa shape index (κ2) is 5.52. The molecule has 1 amide bonds. The van der Waals surface area contributed by atoms with Crippen molar-refractivity contribution in [3.63, 3.8) is 0 Å². The van der Waals surface area contributed by atoms with E-state index >= 15 is 0 Å². The summed E-state index contributed by atoms with van der Waals surface area (Å²) in [6.07, 6.45) is 2.74. The van der Waals surface area contributed by atoms with E-state index in [0.717, 1.165) is 32.1 Å². The van der Waals surface area contributed by atoms with Crippen LogP contribution in [0.1, 0.15) is 28.8 Å². The van der Waals surface area contributed by atoms with Gasteiger partial charge in [0.05, 0.1) is 0 Å². The summed E-state index contributed by atoms with van der Waals surface area (Å²) in [5.41, 5.74) is 1.13. The van der Waals surface area contributed by atoms with Crippen LogP contribution in [0.5, 0.6) is 0 Å². The van der Waals surface area contributed by atoms with E-state index in [1.54, 1.807) is 19.1 Å². The topological polar surface area (TPSA) is 23.6 Å². The van der Waals surface area contributed by atoms with E-state index in [-0.39, 0.29) is 11.7 Å². The molecule has 0 spiro atoms. The Morgan fingerprint density at radius 3 is 2.55 bits per heavy atom. The van der Waals surface area contributed by atoms with Crippen molar-refractivity contribution in [2.75, 3.05) is 32.7 Å². The van der Waals surface area contributed by atoms with Crippen LogP contribution < -0.4 is 0 Å². The summed E-state index contributed by atoms with van der Waals surface area (Å²) in [5.74, 6) is 0.673. The van der Waals surface area contributed by atoms with Gasteiger partial charge in [-0.05, 0) is 49.4 Å². The lowest BCUT2D eigenvalue weighted by atomic mass is 10.1. The first-order chi connectivity index (χ1) is 9.63. The van der Waals surface area contributed by atoms with Gasteiger partial charge in [0, 0.05) is 38.3 Å². The number of hydrogen-bond donors (Lipinski definition) is 0. The monoisotopic (exact) mass is 276 g/mol. The molecule has 1 aliphatic heterocycles. The van der Waals surface area contributed by atoms with Crippen LogP contribution in [0.4, 0.5) is 4.39 Å². The minimum Gasteiger partial charge on any atom is -0.336 e. The van der Waals surface area contributed by atoms with E-state index in [4.69, 9.17) is 0 Å². The Bertz CT molecular complexity index is 505. The zero-order valence-electron chi connectivity index (χ0n) is 11.9. The van der Waals surface area contributed by atoms with Gasteiger partial charge < -0.3 is 4.90 Å². The third-order valence-corrected chi connectivity index (χ3v) is 4.28. The molecule has 0 unspecified atom stereocenters. The summed E-state index contributed by atoms with van der Waals surface area (Å²) in [4.78, 5) is 16.7. The molecule has 2 aliphatic rings. The number of aryl methyl sites for hydroxylation is 1. The van der Waals surface area contributed by atoms with E-state index in [2.05, 4.69) is 4.90 Å². The molecule has 1 saturated carbocycles. The molecule has 2 fully saturated rings. The molecule has 1 heterocycles. The molecular weight excluding hydrogens is 255 g/mol. The molecule has 20 heavy (non-hydrogen) atoms. The first kappa shape index (κ1) is 13.6. The number of nitrogens with zero attached hydrogens (tertiary/aromatic N) is 2. The van der Waals surface area contributed by atoms with Crippen molar-refractivity contribution in [1.82, 2.24) is 9.80 Å². The standard InChI is InChI=1S/C16H21FN2O/c1-12-10-14(4-5-15(12)17)16(20)19-8-6-18(7-9-19)11-13-2-3-13/h4-5,10,13H,2-3,6-9,11H2,1H3. The Kier molecular flexibility index (Phi) is 3.74. The molecular formula is C16H21FN2O. The van der Waals surface area contributed by atoms with E-state index in [0.29, 0.717) is 11.1 Å². The zero-order valence-corrected chi connectivity index (χ0v) is 11.9. The molecule has 0 atom stereocenters. The fourth-order valence-corrected chi connectivity index (χ4v) is 2.76. The Balaban J connectivity index is 1.58. The lowest BCUT2D eigenvalue weighted by Crippen LogP contribution is -2.49. The lowest BCUT2D eigenvalue weighted by Gasteiger charge is -2.34. The van der Waals surface area contributed by atoms with Crippen LogP contribution in [0.25, 0.3) is 0 Å². The first-order valence-corrected chi connectivity index (χ1v) is 7.41. The number of amides is 1. The Hall–Kier alpha value is -1.42. The quantitative estimate of drug-likeness (QED) is 0.846. The van der Waals surface area contributed by atoms with Crippen LogP contribution in [0.2, 0.25) is 0 Å². The maximum Gasteiger partial charge on any atom is 0.253 e. The predicted molar refractivity (Wildman–Crippen MR) is 76.2 cm³/mol. The molecule has 4 heteroatoms. The molecule has 108 valence electrons. The van der Waals surface area contributed by atoms with Crippen LogP contribution in [-0.4, -0.2) is 48.4 Å². The molecule has 1 aliphatic carbocycles. The van der Waals surface area contributed by atoms with Crippen molar-refractivity contribution in [2.45, 2.75) is 19.8 Å². The van der Waals surface area contributed by atoms with Gasteiger partial charge in [-0.25, -0.2) is 4.39 Å². The SMILES string of the molecule is Cc1cc(C(=O)N2CCN(CC3CC3)CC2)ccc1F. The third kappa shape index (κ3) is 3.01. The highest BCUT2D eigenvalue weighted by molar-refractivity contribution is 5.94. The van der Waals surface area contributed by atoms with Crippen molar-refractivity contribution < 1.29 is 9.18 Å². The summed E-state index contributed by atoms with van der Waals surface area (Å²) in [7, 11) is 0. The highest BCUT2D eigenvalue weighted by atomic mass is 19.1. The average Bonchev–Trinajstić information content (AvgIpc) is 3.26. The number of hydrogen-bond acceptors (Lipinski definition) is 2. The van der Waals surface area contributed by atoms with Crippen molar-refractivity contribution in [2.24, 2.45) is 5.92 Å². The summed E-state index contributed by atoms with van der Waals surface area (Å²) >= 11 is 0. The van der Waals surface area contributed by atoms with Crippen LogP contribution in [0.3, 0.4) is 0 Å². The number of halogens is 1. The van der Waals surface area contributed by atoms with Gasteiger partial charge in [-0.2, -0.15) is 0 Å². The lowest BCUT2D eigenvalue weighted by molar-refractivity contribution is 0.0632. The van der Waals surface area contributed by atoms with Crippen LogP contribution in [0.15, 0.2) is 18.2 Å². The smallest absolute Gasteiger partial charge is 0.253 e. The number of benzene rings is 1. The minimum atomic E-state index is -0.254. The highest BCUT2D eigenvalue weighted by Gasteiger charge is 2.27. The Morgan fingerprint density at radius 1 is 1.25 bits per heavy atom. The molecule has 0 aromatic heterocycles. The van der Waals surface area contributed by atoms with Crippen LogP contribution in [0, 0.1) is 18.7 Å². The number of carbonyl (C=O) groups is 1. The summed E-state index contributed by atoms with van der Waals surface area (Å²) < 4.78 is 13.3. The van der Waals surface area contributed by atoms with E-state index < -0.39 is 0 Å². The summed E-state index contributed by atoms with van der Waals surface area (Å²) in [6, 6.07) is 4.61. The van der Waals surface area contributed by atoms with Crippen molar-refractivity contribution in [1.29, 1.82) is 0 Å². The fourth-order valence-electron chi connectivity index (χ4n) is 2.76. The molecule has 1 saturated heterocycles. The number of carbonyl (C=O) groups excluding carboxylic acids is 1. The van der Waals surface area contributed by atoms with Gasteiger partial charge in [0.15, 0.2) is 0 Å². The largest absolute Gasteiger partial charge is 0.336 e. The van der Waals surface area contributed by atoms with Gasteiger partial charge in [-0.1, -0.05) is 0 Å². The molecule has 0 radical (unpaired) electrons. The third-order valence-electron chi connectivity index (χ3n) is 4.28. The Labute approximate surface area is 119 Å². The molecule has 0 N–H and O–H groups in total. The zero-order chi connectivity index (χ0) is 14.1. The maximum atomic E-state index is 13.3. The summed E-state index contributed by atoms with van der Waals surface area (Å²) in [6.45, 7) is 6.37. The maximum absolute atomic E-state index is 13.3. The molecule has 3 nitrogen and oxygen atoms in total. The van der Waals surface area contributed by atoms with Gasteiger partial charge in [-0.15, -0.1) is 0 Å². The normalized spacial score (nSPS) is 20.2. The fraction of sp³-hybridized carbons (Fsp3) is 0.562. The second-order valence-electron chi connectivity index (χ2n) is 6.00. The van der Waals surface area contributed by atoms with Crippen molar-refractivity contribution in [3.05, 3.63) is 35.1 Å². The van der Waals surface area contributed by atoms with Gasteiger partial charge in [0.1, 0.15) is 5.82 Å². The van der Waals surface area contributed by atoms with E-state index in [1.807, 2.05) is 4.90 Å². The van der Waals surface area contributed by atoms with Gasteiger partial charge in [0.25, 0.3) is 5.91 Å². The van der Waals surface area contributed by atoms with Crippen molar-refractivity contribution >= 4 is 5.91 Å². The molecule has 1 aromatic carbocycles. The van der Waals surface area contributed by atoms with Gasteiger partial charge in [0.2, 0.25) is 0 Å². The van der Waals surface area contributed by atoms with E-state index in [1.165, 1.54) is 25.5 Å².